The molecule has 4 heterocycles. The van der Waals surface area contributed by atoms with Crippen molar-refractivity contribution in [2.24, 2.45) is 0 Å². The molecule has 0 fully saturated rings. The number of thiazole rings is 1. The Morgan fingerprint density at radius 3 is 2.85 bits per heavy atom. The topological polar surface area (TPSA) is 91.8 Å². The minimum atomic E-state index is -0.135. The molecular formula is C18H17N5O2S. The van der Waals surface area contributed by atoms with Gasteiger partial charge in [-0.3, -0.25) is 14.6 Å². The van der Waals surface area contributed by atoms with Gasteiger partial charge in [0, 0.05) is 35.4 Å². The van der Waals surface area contributed by atoms with Crippen molar-refractivity contribution in [2.45, 2.75) is 26.3 Å². The maximum atomic E-state index is 12.6. The fourth-order valence-electron chi connectivity index (χ4n) is 3.06. The number of pyridine rings is 1. The summed E-state index contributed by atoms with van der Waals surface area (Å²) >= 11 is 1.54. The molecular weight excluding hydrogens is 350 g/mol. The van der Waals surface area contributed by atoms with E-state index in [0.717, 1.165) is 16.3 Å². The molecule has 1 amide bonds. The second-order valence-corrected chi connectivity index (χ2v) is 7.24. The fraction of sp³-hybridized carbons (Fsp3) is 0.278. The Morgan fingerprint density at radius 2 is 2.12 bits per heavy atom. The molecule has 0 spiro atoms. The summed E-state index contributed by atoms with van der Waals surface area (Å²) in [5.41, 5.74) is 2.77. The van der Waals surface area contributed by atoms with E-state index in [-0.39, 0.29) is 17.9 Å². The molecule has 0 radical (unpaired) electrons. The number of H-pyrrole nitrogens is 1. The first kappa shape index (κ1) is 16.6. The Kier molecular flexibility index (Phi) is 4.34. The van der Waals surface area contributed by atoms with Crippen LogP contribution in [0.1, 0.15) is 22.0 Å². The Hall–Kier alpha value is -2.87. The summed E-state index contributed by atoms with van der Waals surface area (Å²) < 4.78 is 0. The van der Waals surface area contributed by atoms with E-state index in [1.807, 2.05) is 12.3 Å². The van der Waals surface area contributed by atoms with Gasteiger partial charge in [-0.15, -0.1) is 11.3 Å². The summed E-state index contributed by atoms with van der Waals surface area (Å²) in [6, 6.07) is 3.59. The van der Waals surface area contributed by atoms with Crippen LogP contribution in [-0.2, 0) is 24.2 Å². The largest absolute Gasteiger partial charge is 0.336 e. The molecule has 0 saturated heterocycles. The molecule has 0 atom stereocenters. The lowest BCUT2D eigenvalue weighted by Gasteiger charge is -2.27. The Labute approximate surface area is 153 Å². The van der Waals surface area contributed by atoms with Crippen LogP contribution in [0.15, 0.2) is 34.7 Å². The number of aryl methyl sites for hydroxylation is 1. The number of aromatic nitrogens is 4. The number of carbonyl (C=O) groups is 1. The lowest BCUT2D eigenvalue weighted by molar-refractivity contribution is -0.131. The number of carbonyl (C=O) groups excluding carboxylic acids is 1. The Balaban J connectivity index is 1.58. The van der Waals surface area contributed by atoms with E-state index in [4.69, 9.17) is 0 Å². The smallest absolute Gasteiger partial charge is 0.254 e. The second kappa shape index (κ2) is 6.80. The van der Waals surface area contributed by atoms with E-state index >= 15 is 0 Å². The van der Waals surface area contributed by atoms with Gasteiger partial charge in [-0.2, -0.15) is 0 Å². The van der Waals surface area contributed by atoms with E-state index in [1.54, 1.807) is 29.4 Å². The summed E-state index contributed by atoms with van der Waals surface area (Å²) in [4.78, 5) is 42.5. The predicted molar refractivity (Wildman–Crippen MR) is 97.8 cm³/mol. The van der Waals surface area contributed by atoms with E-state index < -0.39 is 0 Å². The number of rotatable bonds is 3. The zero-order chi connectivity index (χ0) is 18.1. The molecule has 0 unspecified atom stereocenters. The van der Waals surface area contributed by atoms with Crippen LogP contribution in [-0.4, -0.2) is 37.3 Å². The van der Waals surface area contributed by atoms with Crippen molar-refractivity contribution in [3.8, 4) is 11.4 Å². The van der Waals surface area contributed by atoms with Crippen LogP contribution >= 0.6 is 11.3 Å². The zero-order valence-corrected chi connectivity index (χ0v) is 15.0. The molecule has 7 nitrogen and oxygen atoms in total. The van der Waals surface area contributed by atoms with Crippen LogP contribution in [0.3, 0.4) is 0 Å². The van der Waals surface area contributed by atoms with Crippen molar-refractivity contribution in [1.29, 1.82) is 0 Å². The standard InChI is InChI=1S/C18H17N5O2S/c1-11-20-13(10-26-11)8-16(24)23-7-4-14-15(9-23)21-17(22-18(14)25)12-2-5-19-6-3-12/h2-3,5-6,10H,4,7-9H2,1H3,(H,21,22,25). The number of fused-ring (bicyclic) bond motifs is 1. The molecule has 26 heavy (non-hydrogen) atoms. The lowest BCUT2D eigenvalue weighted by Crippen LogP contribution is -2.40. The van der Waals surface area contributed by atoms with Gasteiger partial charge in [0.1, 0.15) is 5.82 Å². The van der Waals surface area contributed by atoms with Crippen molar-refractivity contribution in [3.63, 3.8) is 0 Å². The van der Waals surface area contributed by atoms with E-state index in [1.165, 1.54) is 11.3 Å². The third kappa shape index (κ3) is 3.28. The molecule has 3 aromatic rings. The first-order valence-electron chi connectivity index (χ1n) is 8.31. The summed E-state index contributed by atoms with van der Waals surface area (Å²) in [5.74, 6) is 0.508. The first-order valence-corrected chi connectivity index (χ1v) is 9.19. The second-order valence-electron chi connectivity index (χ2n) is 6.18. The van der Waals surface area contributed by atoms with Crippen molar-refractivity contribution in [2.75, 3.05) is 6.54 Å². The van der Waals surface area contributed by atoms with Crippen LogP contribution < -0.4 is 5.56 Å². The fourth-order valence-corrected chi connectivity index (χ4v) is 3.67. The average molecular weight is 367 g/mol. The maximum absolute atomic E-state index is 12.6. The molecule has 1 N–H and O–H groups in total. The summed E-state index contributed by atoms with van der Waals surface area (Å²) in [6.45, 7) is 2.79. The third-order valence-electron chi connectivity index (χ3n) is 4.38. The highest BCUT2D eigenvalue weighted by atomic mass is 32.1. The van der Waals surface area contributed by atoms with Gasteiger partial charge in [0.2, 0.25) is 5.91 Å². The molecule has 0 saturated carbocycles. The van der Waals surface area contributed by atoms with Crippen LogP contribution in [0.4, 0.5) is 0 Å². The monoisotopic (exact) mass is 367 g/mol. The molecule has 4 rings (SSSR count). The van der Waals surface area contributed by atoms with Crippen LogP contribution in [0.5, 0.6) is 0 Å². The number of aromatic amines is 1. The van der Waals surface area contributed by atoms with Gasteiger partial charge < -0.3 is 9.88 Å². The summed E-state index contributed by atoms with van der Waals surface area (Å²) in [5, 5.41) is 2.86. The molecule has 1 aliphatic heterocycles. The Bertz CT molecular complexity index is 1010. The van der Waals surface area contributed by atoms with Gasteiger partial charge in [0.15, 0.2) is 0 Å². The summed E-state index contributed by atoms with van der Waals surface area (Å²) in [7, 11) is 0. The molecule has 132 valence electrons. The molecule has 0 bridgehead atoms. The first-order chi connectivity index (χ1) is 12.6. The molecule has 1 aliphatic rings. The highest BCUT2D eigenvalue weighted by Crippen LogP contribution is 2.19. The van der Waals surface area contributed by atoms with Crippen LogP contribution in [0, 0.1) is 6.92 Å². The number of nitrogens with one attached hydrogen (secondary N) is 1. The third-order valence-corrected chi connectivity index (χ3v) is 5.20. The van der Waals surface area contributed by atoms with E-state index in [2.05, 4.69) is 19.9 Å². The lowest BCUT2D eigenvalue weighted by atomic mass is 10.1. The highest BCUT2D eigenvalue weighted by Gasteiger charge is 2.25. The normalized spacial score (nSPS) is 13.5. The van der Waals surface area contributed by atoms with E-state index in [9.17, 15) is 9.59 Å². The minimum absolute atomic E-state index is 0.00786. The predicted octanol–water partition coefficient (Wildman–Crippen LogP) is 1.72. The van der Waals surface area contributed by atoms with Gasteiger partial charge >= 0.3 is 0 Å². The van der Waals surface area contributed by atoms with Gasteiger partial charge in [-0.25, -0.2) is 9.97 Å². The number of nitrogens with zero attached hydrogens (tertiary/aromatic N) is 4. The van der Waals surface area contributed by atoms with Crippen LogP contribution in [0.25, 0.3) is 11.4 Å². The maximum Gasteiger partial charge on any atom is 0.254 e. The Morgan fingerprint density at radius 1 is 1.31 bits per heavy atom. The molecule has 8 heteroatoms. The van der Waals surface area contributed by atoms with E-state index in [0.29, 0.717) is 36.6 Å². The van der Waals surface area contributed by atoms with Gasteiger partial charge in [-0.1, -0.05) is 0 Å². The average Bonchev–Trinajstić information content (AvgIpc) is 3.06. The zero-order valence-electron chi connectivity index (χ0n) is 14.2. The SMILES string of the molecule is Cc1nc(CC(=O)N2CCc3c(nc(-c4ccncc4)[nH]c3=O)C2)cs1. The number of hydrogen-bond donors (Lipinski definition) is 1. The van der Waals surface area contributed by atoms with Crippen molar-refractivity contribution < 1.29 is 4.79 Å². The van der Waals surface area contributed by atoms with Gasteiger partial charge in [-0.05, 0) is 25.5 Å². The van der Waals surface area contributed by atoms with Gasteiger partial charge in [0.25, 0.3) is 5.56 Å². The number of hydrogen-bond acceptors (Lipinski definition) is 6. The van der Waals surface area contributed by atoms with Gasteiger partial charge in [0.05, 0.1) is 29.4 Å². The molecule has 0 aromatic carbocycles. The van der Waals surface area contributed by atoms with Crippen LogP contribution in [0.2, 0.25) is 0 Å². The van der Waals surface area contributed by atoms with Crippen molar-refractivity contribution in [1.82, 2.24) is 24.8 Å². The summed E-state index contributed by atoms with van der Waals surface area (Å²) in [6.07, 6.45) is 4.09. The van der Waals surface area contributed by atoms with Crippen molar-refractivity contribution >= 4 is 17.2 Å². The molecule has 3 aromatic heterocycles. The highest BCUT2D eigenvalue weighted by molar-refractivity contribution is 7.09. The number of amides is 1. The molecule has 0 aliphatic carbocycles. The quantitative estimate of drug-likeness (QED) is 0.761. The van der Waals surface area contributed by atoms with Crippen molar-refractivity contribution in [3.05, 3.63) is 62.2 Å². The minimum Gasteiger partial charge on any atom is -0.336 e.